The lowest BCUT2D eigenvalue weighted by Crippen LogP contribution is -2.16. The molecule has 0 saturated heterocycles. The van der Waals surface area contributed by atoms with Crippen LogP contribution in [0.3, 0.4) is 0 Å². The summed E-state index contributed by atoms with van der Waals surface area (Å²) in [6, 6.07) is 4.14. The first-order valence-corrected chi connectivity index (χ1v) is 4.26. The molecule has 2 rings (SSSR count). The number of aryl methyl sites for hydroxylation is 1. The molecule has 0 atom stereocenters. The number of hydrogen-bond acceptors (Lipinski definition) is 4. The Kier molecular flexibility index (Phi) is 1.82. The molecule has 0 bridgehead atoms. The number of aromatic hydroxyl groups is 3. The predicted octanol–water partition coefficient (Wildman–Crippen LogP) is 0.655. The molecule has 0 spiro atoms. The van der Waals surface area contributed by atoms with Crippen molar-refractivity contribution in [1.82, 2.24) is 4.57 Å². The van der Waals surface area contributed by atoms with Crippen molar-refractivity contribution in [2.75, 3.05) is 0 Å². The van der Waals surface area contributed by atoms with Crippen molar-refractivity contribution in [2.24, 2.45) is 7.05 Å². The van der Waals surface area contributed by atoms with Crippen LogP contribution in [0.15, 0.2) is 23.0 Å². The summed E-state index contributed by atoms with van der Waals surface area (Å²) in [6.45, 7) is 0. The van der Waals surface area contributed by atoms with Crippen LogP contribution >= 0.6 is 0 Å². The summed E-state index contributed by atoms with van der Waals surface area (Å²) in [5.74, 6) is -1.16. The SMILES string of the molecule is Cn1c(=O)c(O)c(O)c2ccc(O)cc21. The fourth-order valence-electron chi connectivity index (χ4n) is 1.49. The lowest BCUT2D eigenvalue weighted by Gasteiger charge is -2.08. The molecule has 2 aromatic rings. The average molecular weight is 207 g/mol. The number of pyridine rings is 1. The minimum absolute atomic E-state index is 0.0115. The van der Waals surface area contributed by atoms with Gasteiger partial charge in [-0.3, -0.25) is 4.79 Å². The Bertz CT molecular complexity index is 600. The van der Waals surface area contributed by atoms with Crippen molar-refractivity contribution in [2.45, 2.75) is 0 Å². The van der Waals surface area contributed by atoms with Crippen LogP contribution in [0, 0.1) is 0 Å². The summed E-state index contributed by atoms with van der Waals surface area (Å²) < 4.78 is 1.16. The van der Waals surface area contributed by atoms with Crippen molar-refractivity contribution in [3.63, 3.8) is 0 Å². The molecule has 1 aromatic heterocycles. The molecule has 5 nitrogen and oxygen atoms in total. The van der Waals surface area contributed by atoms with Gasteiger partial charge < -0.3 is 19.9 Å². The van der Waals surface area contributed by atoms with Gasteiger partial charge in [0.15, 0.2) is 5.75 Å². The molecule has 0 aliphatic rings. The van der Waals surface area contributed by atoms with Crippen LogP contribution in [0.4, 0.5) is 0 Å². The zero-order valence-corrected chi connectivity index (χ0v) is 7.93. The molecule has 0 aliphatic carbocycles. The summed E-state index contributed by atoms with van der Waals surface area (Å²) in [4.78, 5) is 11.4. The quantitative estimate of drug-likeness (QED) is 0.592. The molecule has 0 unspecified atom stereocenters. The lowest BCUT2D eigenvalue weighted by molar-refractivity contribution is 0.399. The summed E-state index contributed by atoms with van der Waals surface area (Å²) in [5.41, 5.74) is -0.346. The van der Waals surface area contributed by atoms with Gasteiger partial charge in [0.2, 0.25) is 5.75 Å². The maximum Gasteiger partial charge on any atom is 0.296 e. The van der Waals surface area contributed by atoms with Crippen LogP contribution in [-0.2, 0) is 7.05 Å². The number of phenolic OH excluding ortho intramolecular Hbond substituents is 1. The van der Waals surface area contributed by atoms with Crippen molar-refractivity contribution < 1.29 is 15.3 Å². The monoisotopic (exact) mass is 207 g/mol. The van der Waals surface area contributed by atoms with Crippen molar-refractivity contribution in [1.29, 1.82) is 0 Å². The largest absolute Gasteiger partial charge is 0.508 e. The number of benzene rings is 1. The third-order valence-electron chi connectivity index (χ3n) is 2.33. The molecular formula is C10H9NO4. The van der Waals surface area contributed by atoms with Gasteiger partial charge in [0, 0.05) is 18.5 Å². The van der Waals surface area contributed by atoms with E-state index in [9.17, 15) is 20.1 Å². The molecule has 0 radical (unpaired) electrons. The fourth-order valence-corrected chi connectivity index (χ4v) is 1.49. The first-order valence-electron chi connectivity index (χ1n) is 4.26. The van der Waals surface area contributed by atoms with Gasteiger partial charge in [-0.1, -0.05) is 0 Å². The van der Waals surface area contributed by atoms with Crippen molar-refractivity contribution in [3.8, 4) is 17.2 Å². The number of aromatic nitrogens is 1. The van der Waals surface area contributed by atoms with Gasteiger partial charge in [0.25, 0.3) is 5.56 Å². The minimum Gasteiger partial charge on any atom is -0.508 e. The smallest absolute Gasteiger partial charge is 0.296 e. The maximum atomic E-state index is 11.4. The van der Waals surface area contributed by atoms with Crippen LogP contribution < -0.4 is 5.56 Å². The number of hydrogen-bond donors (Lipinski definition) is 3. The van der Waals surface area contributed by atoms with Gasteiger partial charge in [-0.2, -0.15) is 0 Å². The molecule has 0 amide bonds. The normalized spacial score (nSPS) is 10.7. The number of phenols is 1. The van der Waals surface area contributed by atoms with E-state index in [1.54, 1.807) is 0 Å². The Morgan fingerprint density at radius 1 is 1.13 bits per heavy atom. The molecule has 78 valence electrons. The van der Waals surface area contributed by atoms with Crippen molar-refractivity contribution >= 4 is 10.9 Å². The third kappa shape index (κ3) is 1.20. The van der Waals surface area contributed by atoms with Crippen LogP contribution in [-0.4, -0.2) is 19.9 Å². The first kappa shape index (κ1) is 9.39. The van der Waals surface area contributed by atoms with E-state index in [0.717, 1.165) is 4.57 Å². The van der Waals surface area contributed by atoms with Gasteiger partial charge in [-0.15, -0.1) is 0 Å². The molecule has 15 heavy (non-hydrogen) atoms. The highest BCUT2D eigenvalue weighted by Crippen LogP contribution is 2.31. The van der Waals surface area contributed by atoms with Crippen LogP contribution in [0.25, 0.3) is 10.9 Å². The Balaban J connectivity index is 3.07. The van der Waals surface area contributed by atoms with E-state index in [4.69, 9.17) is 0 Å². The van der Waals surface area contributed by atoms with E-state index >= 15 is 0 Å². The predicted molar refractivity (Wildman–Crippen MR) is 54.2 cm³/mol. The molecule has 3 N–H and O–H groups in total. The van der Waals surface area contributed by atoms with Gasteiger partial charge in [0.05, 0.1) is 5.52 Å². The standard InChI is InChI=1S/C10H9NO4/c1-11-7-4-5(12)2-3-6(7)8(13)9(14)10(11)15/h2-4,12-14H,1H3. The van der Waals surface area contributed by atoms with Gasteiger partial charge in [-0.05, 0) is 12.1 Å². The lowest BCUT2D eigenvalue weighted by atomic mass is 10.2. The van der Waals surface area contributed by atoms with Crippen LogP contribution in [0.1, 0.15) is 0 Å². The van der Waals surface area contributed by atoms with Gasteiger partial charge in [-0.25, -0.2) is 0 Å². The molecule has 0 saturated carbocycles. The molecule has 5 heteroatoms. The molecule has 0 fully saturated rings. The van der Waals surface area contributed by atoms with Crippen LogP contribution in [0.5, 0.6) is 17.2 Å². The van der Waals surface area contributed by atoms with E-state index in [1.807, 2.05) is 0 Å². The molecule has 1 heterocycles. The Morgan fingerprint density at radius 2 is 1.80 bits per heavy atom. The van der Waals surface area contributed by atoms with Gasteiger partial charge >= 0.3 is 0 Å². The van der Waals surface area contributed by atoms with Crippen molar-refractivity contribution in [3.05, 3.63) is 28.6 Å². The van der Waals surface area contributed by atoms with Gasteiger partial charge in [0.1, 0.15) is 5.75 Å². The second-order valence-corrected chi connectivity index (χ2v) is 3.26. The Hall–Kier alpha value is -2.17. The number of nitrogens with zero attached hydrogens (tertiary/aromatic N) is 1. The third-order valence-corrected chi connectivity index (χ3v) is 2.33. The number of rotatable bonds is 0. The van der Waals surface area contributed by atoms with Crippen LogP contribution in [0.2, 0.25) is 0 Å². The summed E-state index contributed by atoms with van der Waals surface area (Å²) in [7, 11) is 1.45. The average Bonchev–Trinajstić information content (AvgIpc) is 2.23. The van der Waals surface area contributed by atoms with E-state index in [0.29, 0.717) is 10.9 Å². The van der Waals surface area contributed by atoms with E-state index in [1.165, 1.54) is 25.2 Å². The summed E-state index contributed by atoms with van der Waals surface area (Å²) in [5, 5.41) is 28.4. The topological polar surface area (TPSA) is 82.7 Å². The summed E-state index contributed by atoms with van der Waals surface area (Å²) >= 11 is 0. The first-order chi connectivity index (χ1) is 7.02. The highest BCUT2D eigenvalue weighted by Gasteiger charge is 2.13. The number of fused-ring (bicyclic) bond motifs is 1. The summed E-state index contributed by atoms with van der Waals surface area (Å²) in [6.07, 6.45) is 0. The Morgan fingerprint density at radius 3 is 2.47 bits per heavy atom. The second kappa shape index (κ2) is 2.91. The zero-order valence-electron chi connectivity index (χ0n) is 7.93. The molecular weight excluding hydrogens is 198 g/mol. The van der Waals surface area contributed by atoms with E-state index < -0.39 is 17.1 Å². The fraction of sp³-hybridized carbons (Fsp3) is 0.100. The second-order valence-electron chi connectivity index (χ2n) is 3.26. The molecule has 1 aromatic carbocycles. The maximum absolute atomic E-state index is 11.4. The highest BCUT2D eigenvalue weighted by molar-refractivity contribution is 5.88. The van der Waals surface area contributed by atoms with E-state index in [-0.39, 0.29) is 5.75 Å². The minimum atomic E-state index is -0.703. The Labute approximate surface area is 84.5 Å². The van der Waals surface area contributed by atoms with E-state index in [2.05, 4.69) is 0 Å². The zero-order chi connectivity index (χ0) is 11.2. The molecule has 0 aliphatic heterocycles. The highest BCUT2D eigenvalue weighted by atomic mass is 16.3.